The lowest BCUT2D eigenvalue weighted by molar-refractivity contribution is -0.145. The highest BCUT2D eigenvalue weighted by molar-refractivity contribution is 5.72. The average Bonchev–Trinajstić information content (AvgIpc) is 2.27. The van der Waals surface area contributed by atoms with Gasteiger partial charge in [-0.2, -0.15) is 0 Å². The Hall–Kier alpha value is -1.55. The van der Waals surface area contributed by atoms with Crippen molar-refractivity contribution < 1.29 is 19.7 Å². The number of carboxylic acid groups (broad SMARTS) is 1. The van der Waals surface area contributed by atoms with Crippen LogP contribution < -0.4 is 4.74 Å². The summed E-state index contributed by atoms with van der Waals surface area (Å²) in [5.41, 5.74) is 0.824. The molecule has 16 heavy (non-hydrogen) atoms. The first kappa shape index (κ1) is 12.5. The summed E-state index contributed by atoms with van der Waals surface area (Å²) in [5.74, 6) is -0.438. The lowest BCUT2D eigenvalue weighted by atomic mass is 10.1. The minimum Gasteiger partial charge on any atom is -0.479 e. The summed E-state index contributed by atoms with van der Waals surface area (Å²) in [5, 5.41) is 17.8. The van der Waals surface area contributed by atoms with Gasteiger partial charge in [0, 0.05) is 6.61 Å². The molecule has 0 spiro atoms. The third-order valence-electron chi connectivity index (χ3n) is 2.27. The van der Waals surface area contributed by atoms with Crippen LogP contribution in [-0.4, -0.2) is 28.9 Å². The van der Waals surface area contributed by atoms with E-state index in [1.54, 1.807) is 19.1 Å². The molecule has 1 atom stereocenters. The Kier molecular flexibility index (Phi) is 4.79. The Labute approximate surface area is 94.5 Å². The second-order valence-corrected chi connectivity index (χ2v) is 3.43. The molecule has 1 unspecified atom stereocenters. The molecule has 0 amide bonds. The summed E-state index contributed by atoms with van der Waals surface area (Å²) < 4.78 is 5.40. The molecule has 88 valence electrons. The highest BCUT2D eigenvalue weighted by atomic mass is 16.5. The van der Waals surface area contributed by atoms with E-state index in [9.17, 15) is 4.79 Å². The summed E-state index contributed by atoms with van der Waals surface area (Å²) in [7, 11) is 0. The molecule has 0 saturated heterocycles. The van der Waals surface area contributed by atoms with Gasteiger partial charge in [0.1, 0.15) is 5.75 Å². The van der Waals surface area contributed by atoms with E-state index in [4.69, 9.17) is 14.9 Å². The molecular weight excluding hydrogens is 208 g/mol. The van der Waals surface area contributed by atoms with Gasteiger partial charge in [0.2, 0.25) is 0 Å². The maximum Gasteiger partial charge on any atom is 0.344 e. The molecule has 0 aromatic heterocycles. The van der Waals surface area contributed by atoms with Crippen LogP contribution in [0.4, 0.5) is 0 Å². The number of ether oxygens (including phenoxy) is 1. The van der Waals surface area contributed by atoms with Crippen LogP contribution in [0.2, 0.25) is 0 Å². The third-order valence-corrected chi connectivity index (χ3v) is 2.27. The lowest BCUT2D eigenvalue weighted by Crippen LogP contribution is -2.26. The number of hydrogen-bond acceptors (Lipinski definition) is 3. The second-order valence-electron chi connectivity index (χ2n) is 3.43. The number of aliphatic hydroxyl groups is 1. The number of hydrogen-bond donors (Lipinski definition) is 2. The molecule has 1 aromatic carbocycles. The maximum absolute atomic E-state index is 10.8. The van der Waals surface area contributed by atoms with Crippen molar-refractivity contribution in [3.63, 3.8) is 0 Å². The average molecular weight is 224 g/mol. The van der Waals surface area contributed by atoms with Gasteiger partial charge < -0.3 is 14.9 Å². The molecular formula is C12H16O4. The number of rotatable bonds is 6. The standard InChI is InChI=1S/C12H16O4/c1-2-10(12(14)15)16-11-6-4-3-5-9(11)7-8-13/h3-6,10,13H,2,7-8H2,1H3,(H,14,15). The molecule has 0 aliphatic rings. The lowest BCUT2D eigenvalue weighted by Gasteiger charge is -2.15. The van der Waals surface area contributed by atoms with Crippen LogP contribution in [0.1, 0.15) is 18.9 Å². The number of para-hydroxylation sites is 1. The number of aliphatic hydroxyl groups excluding tert-OH is 1. The van der Waals surface area contributed by atoms with E-state index in [1.807, 2.05) is 12.1 Å². The van der Waals surface area contributed by atoms with Crippen LogP contribution in [0.3, 0.4) is 0 Å². The zero-order valence-corrected chi connectivity index (χ0v) is 9.22. The molecule has 0 heterocycles. The molecule has 0 bridgehead atoms. The van der Waals surface area contributed by atoms with Crippen molar-refractivity contribution >= 4 is 5.97 Å². The summed E-state index contributed by atoms with van der Waals surface area (Å²) >= 11 is 0. The number of carbonyl (C=O) groups is 1. The van der Waals surface area contributed by atoms with Gasteiger partial charge in [0.15, 0.2) is 6.10 Å². The van der Waals surface area contributed by atoms with E-state index < -0.39 is 12.1 Å². The van der Waals surface area contributed by atoms with E-state index in [2.05, 4.69) is 0 Å². The van der Waals surface area contributed by atoms with Gasteiger partial charge in [-0.1, -0.05) is 25.1 Å². The van der Waals surface area contributed by atoms with Crippen LogP contribution in [0.5, 0.6) is 5.75 Å². The number of benzene rings is 1. The predicted molar refractivity (Wildman–Crippen MR) is 59.6 cm³/mol. The number of carboxylic acids is 1. The van der Waals surface area contributed by atoms with Gasteiger partial charge in [-0.15, -0.1) is 0 Å². The van der Waals surface area contributed by atoms with Crippen LogP contribution in [0, 0.1) is 0 Å². The van der Waals surface area contributed by atoms with Crippen molar-refractivity contribution in [1.29, 1.82) is 0 Å². The van der Waals surface area contributed by atoms with Crippen LogP contribution in [0.15, 0.2) is 24.3 Å². The molecule has 2 N–H and O–H groups in total. The summed E-state index contributed by atoms with van der Waals surface area (Å²) in [6, 6.07) is 7.15. The van der Waals surface area contributed by atoms with E-state index in [0.717, 1.165) is 5.56 Å². The Morgan fingerprint density at radius 1 is 1.44 bits per heavy atom. The van der Waals surface area contributed by atoms with Crippen LogP contribution in [-0.2, 0) is 11.2 Å². The minimum absolute atomic E-state index is 0.0181. The molecule has 1 rings (SSSR count). The normalized spacial score (nSPS) is 12.1. The first-order chi connectivity index (χ1) is 7.69. The zero-order valence-electron chi connectivity index (χ0n) is 9.22. The molecule has 0 fully saturated rings. The Bertz CT molecular complexity index is 349. The van der Waals surface area contributed by atoms with Crippen molar-refractivity contribution in [1.82, 2.24) is 0 Å². The number of aliphatic carboxylic acids is 1. The fourth-order valence-electron chi connectivity index (χ4n) is 1.41. The van der Waals surface area contributed by atoms with Crippen molar-refractivity contribution in [2.45, 2.75) is 25.9 Å². The Morgan fingerprint density at radius 2 is 2.12 bits per heavy atom. The molecule has 1 aromatic rings. The van der Waals surface area contributed by atoms with Crippen molar-refractivity contribution in [3.8, 4) is 5.75 Å². The topological polar surface area (TPSA) is 66.8 Å². The van der Waals surface area contributed by atoms with Crippen molar-refractivity contribution in [2.24, 2.45) is 0 Å². The molecule has 0 saturated carbocycles. The van der Waals surface area contributed by atoms with Gasteiger partial charge in [-0.05, 0) is 24.5 Å². The highest BCUT2D eigenvalue weighted by Crippen LogP contribution is 2.20. The van der Waals surface area contributed by atoms with E-state index in [1.165, 1.54) is 0 Å². The maximum atomic E-state index is 10.8. The second kappa shape index (κ2) is 6.12. The van der Waals surface area contributed by atoms with Gasteiger partial charge in [0.05, 0.1) is 0 Å². The van der Waals surface area contributed by atoms with Crippen molar-refractivity contribution in [2.75, 3.05) is 6.61 Å². The van der Waals surface area contributed by atoms with Crippen molar-refractivity contribution in [3.05, 3.63) is 29.8 Å². The fraction of sp³-hybridized carbons (Fsp3) is 0.417. The van der Waals surface area contributed by atoms with Gasteiger partial charge >= 0.3 is 5.97 Å². The zero-order chi connectivity index (χ0) is 12.0. The molecule has 0 radical (unpaired) electrons. The largest absolute Gasteiger partial charge is 0.479 e. The first-order valence-electron chi connectivity index (χ1n) is 5.27. The molecule has 4 nitrogen and oxygen atoms in total. The minimum atomic E-state index is -0.971. The van der Waals surface area contributed by atoms with E-state index >= 15 is 0 Å². The van der Waals surface area contributed by atoms with Gasteiger partial charge in [-0.25, -0.2) is 4.79 Å². The van der Waals surface area contributed by atoms with Gasteiger partial charge in [0.25, 0.3) is 0 Å². The van der Waals surface area contributed by atoms with E-state index in [0.29, 0.717) is 18.6 Å². The Balaban J connectivity index is 2.82. The SMILES string of the molecule is CCC(Oc1ccccc1CCO)C(=O)O. The smallest absolute Gasteiger partial charge is 0.344 e. The summed E-state index contributed by atoms with van der Waals surface area (Å²) in [6.07, 6.45) is 0.0366. The quantitative estimate of drug-likeness (QED) is 0.767. The van der Waals surface area contributed by atoms with Crippen LogP contribution >= 0.6 is 0 Å². The van der Waals surface area contributed by atoms with Crippen LogP contribution in [0.25, 0.3) is 0 Å². The summed E-state index contributed by atoms with van der Waals surface area (Å²) in [4.78, 5) is 10.8. The highest BCUT2D eigenvalue weighted by Gasteiger charge is 2.17. The van der Waals surface area contributed by atoms with Gasteiger partial charge in [-0.3, -0.25) is 0 Å². The molecule has 4 heteroatoms. The predicted octanol–water partition coefficient (Wildman–Crippen LogP) is 1.46. The fourth-order valence-corrected chi connectivity index (χ4v) is 1.41. The Morgan fingerprint density at radius 3 is 2.69 bits per heavy atom. The van der Waals surface area contributed by atoms with E-state index in [-0.39, 0.29) is 6.61 Å². The first-order valence-corrected chi connectivity index (χ1v) is 5.27. The third kappa shape index (κ3) is 3.24. The summed E-state index contributed by atoms with van der Waals surface area (Å²) in [6.45, 7) is 1.78. The molecule has 0 aliphatic heterocycles. The monoisotopic (exact) mass is 224 g/mol. The molecule has 0 aliphatic carbocycles.